The Balaban J connectivity index is 1.37. The molecule has 34 heavy (non-hydrogen) atoms. The number of benzene rings is 2. The van der Waals surface area contributed by atoms with Crippen LogP contribution in [-0.2, 0) is 20.8 Å². The van der Waals surface area contributed by atoms with Gasteiger partial charge in [0.25, 0.3) is 0 Å². The zero-order valence-corrected chi connectivity index (χ0v) is 19.1. The Kier molecular flexibility index (Phi) is 7.90. The third-order valence-corrected chi connectivity index (χ3v) is 6.56. The highest BCUT2D eigenvalue weighted by molar-refractivity contribution is 5.97. The molecule has 0 saturated carbocycles. The molecule has 2 aliphatic rings. The molecule has 0 bridgehead atoms. The third kappa shape index (κ3) is 6.20. The molecule has 3 N–H and O–H groups in total. The second kappa shape index (κ2) is 11.2. The molecule has 7 nitrogen and oxygen atoms in total. The van der Waals surface area contributed by atoms with Crippen LogP contribution in [0, 0.1) is 11.7 Å². The van der Waals surface area contributed by atoms with Crippen LogP contribution in [0.2, 0.25) is 0 Å². The van der Waals surface area contributed by atoms with Crippen LogP contribution in [0.4, 0.5) is 10.1 Å². The molecule has 8 heteroatoms. The number of carbonyl (C=O) groups is 3. The molecule has 180 valence electrons. The standard InChI is InChI=1S/C26H31FN4O3/c27-20-8-10-21(11-9-20)29-25(33)23(17-18-5-2-1-3-6-18)30-24(32)19-12-15-31(16-13-19)26(34)22-7-4-14-28-22/h1-3,5-6,8-11,19,22-23,28H,4,7,12-17H2,(H,29,33)(H,30,32). The molecule has 2 unspecified atom stereocenters. The number of anilines is 1. The monoisotopic (exact) mass is 466 g/mol. The fourth-order valence-corrected chi connectivity index (χ4v) is 4.59. The van der Waals surface area contributed by atoms with E-state index < -0.39 is 6.04 Å². The van der Waals surface area contributed by atoms with Crippen LogP contribution >= 0.6 is 0 Å². The van der Waals surface area contributed by atoms with E-state index in [1.807, 2.05) is 35.2 Å². The van der Waals surface area contributed by atoms with Crippen molar-refractivity contribution < 1.29 is 18.8 Å². The normalized spacial score (nSPS) is 19.4. The highest BCUT2D eigenvalue weighted by atomic mass is 19.1. The number of hydrogen-bond donors (Lipinski definition) is 3. The van der Waals surface area contributed by atoms with Crippen LogP contribution in [0.15, 0.2) is 54.6 Å². The summed E-state index contributed by atoms with van der Waals surface area (Å²) in [4.78, 5) is 40.6. The molecule has 0 aromatic heterocycles. The number of hydrogen-bond acceptors (Lipinski definition) is 4. The fourth-order valence-electron chi connectivity index (χ4n) is 4.59. The summed E-state index contributed by atoms with van der Waals surface area (Å²) in [5.41, 5.74) is 1.39. The molecule has 3 amide bonds. The van der Waals surface area contributed by atoms with E-state index in [9.17, 15) is 18.8 Å². The van der Waals surface area contributed by atoms with Crippen LogP contribution in [0.1, 0.15) is 31.2 Å². The van der Waals surface area contributed by atoms with Crippen molar-refractivity contribution in [1.82, 2.24) is 15.5 Å². The summed E-state index contributed by atoms with van der Waals surface area (Å²) in [5, 5.41) is 8.93. The molecule has 2 fully saturated rings. The van der Waals surface area contributed by atoms with Crippen molar-refractivity contribution in [3.63, 3.8) is 0 Å². The molecular weight excluding hydrogens is 435 g/mol. The molecule has 0 aliphatic carbocycles. The average molecular weight is 467 g/mol. The Morgan fingerprint density at radius 1 is 1.00 bits per heavy atom. The lowest BCUT2D eigenvalue weighted by molar-refractivity contribution is -0.137. The van der Waals surface area contributed by atoms with Gasteiger partial charge >= 0.3 is 0 Å². The van der Waals surface area contributed by atoms with Gasteiger partial charge in [-0.2, -0.15) is 0 Å². The number of rotatable bonds is 7. The van der Waals surface area contributed by atoms with Crippen molar-refractivity contribution in [3.05, 3.63) is 66.0 Å². The van der Waals surface area contributed by atoms with Crippen molar-refractivity contribution in [2.45, 2.75) is 44.2 Å². The van der Waals surface area contributed by atoms with Gasteiger partial charge in [-0.3, -0.25) is 14.4 Å². The number of amides is 3. The van der Waals surface area contributed by atoms with Gasteiger partial charge in [0.05, 0.1) is 6.04 Å². The van der Waals surface area contributed by atoms with Crippen LogP contribution in [0.5, 0.6) is 0 Å². The number of nitrogens with one attached hydrogen (secondary N) is 3. The Bertz CT molecular complexity index is 985. The molecule has 2 aromatic carbocycles. The lowest BCUT2D eigenvalue weighted by Crippen LogP contribution is -2.51. The van der Waals surface area contributed by atoms with Gasteiger partial charge < -0.3 is 20.9 Å². The van der Waals surface area contributed by atoms with Gasteiger partial charge in [-0.1, -0.05) is 30.3 Å². The Hall–Kier alpha value is -3.26. The molecular formula is C26H31FN4O3. The minimum absolute atomic E-state index is 0.101. The average Bonchev–Trinajstić information content (AvgIpc) is 3.40. The van der Waals surface area contributed by atoms with E-state index in [1.165, 1.54) is 24.3 Å². The third-order valence-electron chi connectivity index (χ3n) is 6.56. The van der Waals surface area contributed by atoms with Crippen molar-refractivity contribution in [1.29, 1.82) is 0 Å². The molecule has 2 aliphatic heterocycles. The minimum Gasteiger partial charge on any atom is -0.344 e. The predicted octanol–water partition coefficient (Wildman–Crippen LogP) is 2.48. The zero-order valence-electron chi connectivity index (χ0n) is 19.1. The Morgan fingerprint density at radius 2 is 1.71 bits per heavy atom. The molecule has 4 rings (SSSR count). The fraction of sp³-hybridized carbons (Fsp3) is 0.423. The Labute approximate surface area is 199 Å². The van der Waals surface area contributed by atoms with E-state index in [0.29, 0.717) is 38.0 Å². The van der Waals surface area contributed by atoms with Crippen LogP contribution in [-0.4, -0.2) is 54.3 Å². The molecule has 2 heterocycles. The molecule has 0 spiro atoms. The summed E-state index contributed by atoms with van der Waals surface area (Å²) in [6, 6.07) is 14.1. The van der Waals surface area contributed by atoms with Gasteiger partial charge in [0, 0.05) is 31.1 Å². The maximum atomic E-state index is 13.2. The molecule has 2 saturated heterocycles. The smallest absolute Gasteiger partial charge is 0.247 e. The van der Waals surface area contributed by atoms with Gasteiger partial charge in [-0.25, -0.2) is 4.39 Å². The number of halogens is 1. The quantitative estimate of drug-likeness (QED) is 0.585. The van der Waals surface area contributed by atoms with Crippen molar-refractivity contribution >= 4 is 23.4 Å². The van der Waals surface area contributed by atoms with E-state index >= 15 is 0 Å². The SMILES string of the molecule is O=C(NC(Cc1ccccc1)C(=O)Nc1ccc(F)cc1)C1CCN(C(=O)C2CCCN2)CC1. The summed E-state index contributed by atoms with van der Waals surface area (Å²) in [6.07, 6.45) is 3.36. The first-order valence-electron chi connectivity index (χ1n) is 11.9. The molecule has 2 atom stereocenters. The maximum Gasteiger partial charge on any atom is 0.247 e. The first-order valence-corrected chi connectivity index (χ1v) is 11.9. The topological polar surface area (TPSA) is 90.5 Å². The number of piperidine rings is 1. The van der Waals surface area contributed by atoms with E-state index in [4.69, 9.17) is 0 Å². The van der Waals surface area contributed by atoms with Gasteiger partial charge in [-0.05, 0) is 62.1 Å². The van der Waals surface area contributed by atoms with Crippen molar-refractivity contribution in [2.75, 3.05) is 25.0 Å². The summed E-state index contributed by atoms with van der Waals surface area (Å²) < 4.78 is 13.2. The first kappa shape index (κ1) is 23.9. The van der Waals surface area contributed by atoms with Crippen molar-refractivity contribution in [2.24, 2.45) is 5.92 Å². The largest absolute Gasteiger partial charge is 0.344 e. The van der Waals surface area contributed by atoms with E-state index in [1.54, 1.807) is 0 Å². The summed E-state index contributed by atoms with van der Waals surface area (Å²) in [7, 11) is 0. The second-order valence-electron chi connectivity index (χ2n) is 9.00. The van der Waals surface area contributed by atoms with Gasteiger partial charge in [0.1, 0.15) is 11.9 Å². The Morgan fingerprint density at radius 3 is 2.35 bits per heavy atom. The minimum atomic E-state index is -0.776. The maximum absolute atomic E-state index is 13.2. The van der Waals surface area contributed by atoms with Gasteiger partial charge in [-0.15, -0.1) is 0 Å². The molecule has 0 radical (unpaired) electrons. The zero-order chi connectivity index (χ0) is 23.9. The van der Waals surface area contributed by atoms with Crippen LogP contribution in [0.3, 0.4) is 0 Å². The van der Waals surface area contributed by atoms with Crippen LogP contribution in [0.25, 0.3) is 0 Å². The predicted molar refractivity (Wildman–Crippen MR) is 127 cm³/mol. The number of carbonyl (C=O) groups excluding carboxylic acids is 3. The van der Waals surface area contributed by atoms with E-state index in [2.05, 4.69) is 16.0 Å². The summed E-state index contributed by atoms with van der Waals surface area (Å²) >= 11 is 0. The summed E-state index contributed by atoms with van der Waals surface area (Å²) in [5.74, 6) is -1.06. The second-order valence-corrected chi connectivity index (χ2v) is 9.00. The van der Waals surface area contributed by atoms with Gasteiger partial charge in [0.2, 0.25) is 17.7 Å². The molecule has 2 aromatic rings. The summed E-state index contributed by atoms with van der Waals surface area (Å²) in [6.45, 7) is 1.96. The first-order chi connectivity index (χ1) is 16.5. The highest BCUT2D eigenvalue weighted by Crippen LogP contribution is 2.20. The van der Waals surface area contributed by atoms with E-state index in [0.717, 1.165) is 24.9 Å². The van der Waals surface area contributed by atoms with Crippen molar-refractivity contribution in [3.8, 4) is 0 Å². The van der Waals surface area contributed by atoms with Gasteiger partial charge in [0.15, 0.2) is 0 Å². The highest BCUT2D eigenvalue weighted by Gasteiger charge is 2.33. The number of nitrogens with zero attached hydrogens (tertiary/aromatic N) is 1. The van der Waals surface area contributed by atoms with E-state index in [-0.39, 0.29) is 35.5 Å². The van der Waals surface area contributed by atoms with Crippen LogP contribution < -0.4 is 16.0 Å². The lowest BCUT2D eigenvalue weighted by atomic mass is 9.94. The number of likely N-dealkylation sites (tertiary alicyclic amines) is 1. The lowest BCUT2D eigenvalue weighted by Gasteiger charge is -2.33.